The molecule has 0 spiro atoms. The highest BCUT2D eigenvalue weighted by Crippen LogP contribution is 2.28. The minimum Gasteiger partial charge on any atom is -0.462 e. The molecule has 92 valence electrons. The van der Waals surface area contributed by atoms with Crippen LogP contribution in [-0.2, 0) is 9.53 Å². The van der Waals surface area contributed by atoms with Gasteiger partial charge in [-0.1, -0.05) is 35.3 Å². The normalized spacial score (nSPS) is 9.94. The number of hydrogen-bond acceptors (Lipinski definition) is 2. The number of esters is 1. The number of hydrogen-bond donors (Lipinski definition) is 0. The number of halogens is 3. The quantitative estimate of drug-likeness (QED) is 0.619. The monoisotopic (exact) mass is 276 g/mol. The van der Waals surface area contributed by atoms with Gasteiger partial charge in [0.15, 0.2) is 0 Å². The van der Waals surface area contributed by atoms with Crippen molar-refractivity contribution >= 4 is 34.7 Å². The highest BCUT2D eigenvalue weighted by molar-refractivity contribution is 6.61. The van der Waals surface area contributed by atoms with Gasteiger partial charge >= 0.3 is 5.97 Å². The first-order chi connectivity index (χ1) is 7.97. The van der Waals surface area contributed by atoms with Gasteiger partial charge < -0.3 is 4.74 Å². The molecule has 0 aromatic heterocycles. The minimum absolute atomic E-state index is 0.0362. The summed E-state index contributed by atoms with van der Waals surface area (Å²) in [4.78, 5) is 11.6. The van der Waals surface area contributed by atoms with Crippen molar-refractivity contribution in [3.63, 3.8) is 0 Å². The number of carbonyl (C=O) groups is 1. The van der Waals surface area contributed by atoms with Crippen molar-refractivity contribution in [2.75, 3.05) is 6.61 Å². The van der Waals surface area contributed by atoms with Gasteiger partial charge in [0.25, 0.3) is 0 Å². The number of rotatable bonds is 3. The van der Waals surface area contributed by atoms with Gasteiger partial charge in [-0.05, 0) is 25.5 Å². The number of benzene rings is 1. The van der Waals surface area contributed by atoms with Crippen LogP contribution in [0.4, 0.5) is 4.39 Å². The molecule has 0 atom stereocenters. The molecule has 1 aromatic rings. The molecule has 2 nitrogen and oxygen atoms in total. The van der Waals surface area contributed by atoms with Gasteiger partial charge in [0.2, 0.25) is 0 Å². The minimum atomic E-state index is -0.741. The molecule has 0 heterocycles. The molecule has 0 radical (unpaired) electrons. The summed E-state index contributed by atoms with van der Waals surface area (Å²) in [7, 11) is 0. The summed E-state index contributed by atoms with van der Waals surface area (Å²) in [6, 6.07) is 4.40. The van der Waals surface area contributed by atoms with Crippen molar-refractivity contribution < 1.29 is 13.9 Å². The first kappa shape index (κ1) is 14.0. The summed E-state index contributed by atoms with van der Waals surface area (Å²) in [6.07, 6.45) is 0. The Morgan fingerprint density at radius 1 is 1.41 bits per heavy atom. The van der Waals surface area contributed by atoms with Crippen LogP contribution in [0.25, 0.3) is 5.57 Å². The molecule has 5 heteroatoms. The Kier molecular flexibility index (Phi) is 4.97. The third-order valence-electron chi connectivity index (χ3n) is 2.06. The zero-order valence-electron chi connectivity index (χ0n) is 9.39. The van der Waals surface area contributed by atoms with Crippen molar-refractivity contribution in [1.82, 2.24) is 0 Å². The van der Waals surface area contributed by atoms with Crippen LogP contribution in [0.1, 0.15) is 18.1 Å². The number of aryl methyl sites for hydroxylation is 1. The fourth-order valence-electron chi connectivity index (χ4n) is 1.32. The van der Waals surface area contributed by atoms with Gasteiger partial charge in [0.1, 0.15) is 10.3 Å². The fraction of sp³-hybridized carbons (Fsp3) is 0.250. The van der Waals surface area contributed by atoms with Crippen LogP contribution in [0, 0.1) is 12.7 Å². The van der Waals surface area contributed by atoms with Gasteiger partial charge in [0, 0.05) is 5.56 Å². The second kappa shape index (κ2) is 6.03. The molecule has 0 saturated heterocycles. The molecule has 0 aliphatic rings. The second-order valence-electron chi connectivity index (χ2n) is 3.34. The Labute approximate surface area is 109 Å². The molecule has 1 aromatic carbocycles. The molecule has 0 amide bonds. The van der Waals surface area contributed by atoms with E-state index in [0.29, 0.717) is 0 Å². The predicted octanol–water partition coefficient (Wildman–Crippen LogP) is 3.84. The molecule has 0 aliphatic heterocycles. The van der Waals surface area contributed by atoms with E-state index < -0.39 is 11.8 Å². The average molecular weight is 277 g/mol. The van der Waals surface area contributed by atoms with Crippen LogP contribution >= 0.6 is 23.2 Å². The summed E-state index contributed by atoms with van der Waals surface area (Å²) < 4.78 is 18.2. The smallest absolute Gasteiger partial charge is 0.341 e. The topological polar surface area (TPSA) is 26.3 Å². The van der Waals surface area contributed by atoms with Crippen molar-refractivity contribution in [1.29, 1.82) is 0 Å². The lowest BCUT2D eigenvalue weighted by Crippen LogP contribution is -2.09. The van der Waals surface area contributed by atoms with Gasteiger partial charge in [0.05, 0.1) is 12.2 Å². The van der Waals surface area contributed by atoms with Crippen molar-refractivity contribution in [2.24, 2.45) is 0 Å². The van der Waals surface area contributed by atoms with Crippen LogP contribution in [0.15, 0.2) is 22.7 Å². The van der Waals surface area contributed by atoms with Crippen LogP contribution in [0.2, 0.25) is 0 Å². The first-order valence-corrected chi connectivity index (χ1v) is 5.71. The summed E-state index contributed by atoms with van der Waals surface area (Å²) >= 11 is 11.2. The van der Waals surface area contributed by atoms with Crippen molar-refractivity contribution in [2.45, 2.75) is 13.8 Å². The third-order valence-corrected chi connectivity index (χ3v) is 2.44. The summed E-state index contributed by atoms with van der Waals surface area (Å²) in [6.45, 7) is 3.54. The Morgan fingerprint density at radius 3 is 2.53 bits per heavy atom. The Bertz CT molecular complexity index is 466. The number of carbonyl (C=O) groups excluding carboxylic acids is 1. The molecule has 0 saturated carbocycles. The van der Waals surface area contributed by atoms with Crippen molar-refractivity contribution in [3.8, 4) is 0 Å². The maximum Gasteiger partial charge on any atom is 0.341 e. The van der Waals surface area contributed by atoms with E-state index in [0.717, 1.165) is 5.56 Å². The Balaban J connectivity index is 3.26. The zero-order chi connectivity index (χ0) is 13.0. The van der Waals surface area contributed by atoms with E-state index in [-0.39, 0.29) is 22.2 Å². The summed E-state index contributed by atoms with van der Waals surface area (Å²) in [5.41, 5.74) is 0.613. The average Bonchev–Trinajstić information content (AvgIpc) is 2.21. The molecular formula is C12H11Cl2FO2. The zero-order valence-corrected chi connectivity index (χ0v) is 10.9. The maximum atomic E-state index is 13.7. The lowest BCUT2D eigenvalue weighted by molar-refractivity contribution is -0.136. The fourth-order valence-corrected chi connectivity index (χ4v) is 1.67. The van der Waals surface area contributed by atoms with E-state index in [2.05, 4.69) is 0 Å². The van der Waals surface area contributed by atoms with Gasteiger partial charge in [-0.15, -0.1) is 0 Å². The van der Waals surface area contributed by atoms with Crippen LogP contribution in [0.3, 0.4) is 0 Å². The third kappa shape index (κ3) is 3.45. The van der Waals surface area contributed by atoms with Crippen LogP contribution < -0.4 is 0 Å². The maximum absolute atomic E-state index is 13.7. The van der Waals surface area contributed by atoms with E-state index >= 15 is 0 Å². The van der Waals surface area contributed by atoms with Gasteiger partial charge in [-0.2, -0.15) is 0 Å². The van der Waals surface area contributed by atoms with E-state index in [1.165, 1.54) is 12.1 Å². The van der Waals surface area contributed by atoms with Crippen LogP contribution in [-0.4, -0.2) is 12.6 Å². The van der Waals surface area contributed by atoms with E-state index in [4.69, 9.17) is 27.9 Å². The van der Waals surface area contributed by atoms with E-state index in [9.17, 15) is 9.18 Å². The molecular weight excluding hydrogens is 266 g/mol. The molecule has 1 rings (SSSR count). The molecule has 0 bridgehead atoms. The number of ether oxygens (including phenoxy) is 1. The molecule has 0 N–H and O–H groups in total. The van der Waals surface area contributed by atoms with Crippen LogP contribution in [0.5, 0.6) is 0 Å². The SMILES string of the molecule is CCOC(=O)C(=C(Cl)Cl)c1ccc(C)cc1F. The highest BCUT2D eigenvalue weighted by atomic mass is 35.5. The summed E-state index contributed by atoms with van der Waals surface area (Å²) in [5.74, 6) is -1.30. The molecule has 17 heavy (non-hydrogen) atoms. The van der Waals surface area contributed by atoms with E-state index in [1.54, 1.807) is 19.9 Å². The van der Waals surface area contributed by atoms with Crippen molar-refractivity contribution in [3.05, 3.63) is 39.6 Å². The highest BCUT2D eigenvalue weighted by Gasteiger charge is 2.20. The van der Waals surface area contributed by atoms with Gasteiger partial charge in [-0.3, -0.25) is 0 Å². The molecule has 0 unspecified atom stereocenters. The van der Waals surface area contributed by atoms with E-state index in [1.807, 2.05) is 0 Å². The largest absolute Gasteiger partial charge is 0.462 e. The molecule has 0 aliphatic carbocycles. The van der Waals surface area contributed by atoms with Gasteiger partial charge in [-0.25, -0.2) is 9.18 Å². The predicted molar refractivity (Wildman–Crippen MR) is 66.4 cm³/mol. The lowest BCUT2D eigenvalue weighted by atomic mass is 10.1. The second-order valence-corrected chi connectivity index (χ2v) is 4.29. The lowest BCUT2D eigenvalue weighted by Gasteiger charge is -2.09. The molecule has 0 fully saturated rings. The Morgan fingerprint density at radius 2 is 2.06 bits per heavy atom. The summed E-state index contributed by atoms with van der Waals surface area (Å²) in [5, 5.41) is 0. The Hall–Kier alpha value is -1.06. The first-order valence-electron chi connectivity index (χ1n) is 4.96. The standard InChI is InChI=1S/C12H11Cl2FO2/c1-3-17-12(16)10(11(13)14)8-5-4-7(2)6-9(8)15/h4-6H,3H2,1-2H3.